The van der Waals surface area contributed by atoms with Crippen LogP contribution in [0.25, 0.3) is 16.9 Å². The second-order valence-corrected chi connectivity index (χ2v) is 5.66. The number of nitrogens with zero attached hydrogens (tertiary/aromatic N) is 1. The predicted molar refractivity (Wildman–Crippen MR) is 81.5 cm³/mol. The first-order chi connectivity index (χ1) is 10.6. The fraction of sp³-hybridized carbons (Fsp3) is 0.167. The molecule has 4 heteroatoms. The maximum Gasteiger partial charge on any atom is 0.255 e. The van der Waals surface area contributed by atoms with Crippen molar-refractivity contribution < 1.29 is 14.0 Å². The maximum atomic E-state index is 12.2. The van der Waals surface area contributed by atoms with Crippen molar-refractivity contribution in [3.05, 3.63) is 59.6 Å². The summed E-state index contributed by atoms with van der Waals surface area (Å²) in [6.07, 6.45) is 6.82. The van der Waals surface area contributed by atoms with Crippen molar-refractivity contribution in [1.82, 2.24) is 4.98 Å². The molecule has 0 saturated heterocycles. The van der Waals surface area contributed by atoms with Crippen LogP contribution in [0.15, 0.2) is 46.9 Å². The number of rotatable bonds is 1. The highest BCUT2D eigenvalue weighted by molar-refractivity contribution is 6.52. The van der Waals surface area contributed by atoms with Crippen LogP contribution >= 0.6 is 0 Å². The molecule has 0 spiro atoms. The second-order valence-electron chi connectivity index (χ2n) is 5.66. The molecular formula is C18H13NO3. The number of benzene rings is 1. The smallest absolute Gasteiger partial charge is 0.255 e. The minimum atomic E-state index is -0.594. The van der Waals surface area contributed by atoms with E-state index < -0.39 is 11.6 Å². The van der Waals surface area contributed by atoms with Gasteiger partial charge in [-0.2, -0.15) is 0 Å². The average Bonchev–Trinajstić information content (AvgIpc) is 2.98. The molecule has 1 aromatic carbocycles. The van der Waals surface area contributed by atoms with Gasteiger partial charge >= 0.3 is 0 Å². The van der Waals surface area contributed by atoms with E-state index >= 15 is 0 Å². The number of oxazole rings is 1. The summed E-state index contributed by atoms with van der Waals surface area (Å²) in [5, 5.41) is 0. The Kier molecular flexibility index (Phi) is 2.73. The summed E-state index contributed by atoms with van der Waals surface area (Å²) in [7, 11) is 0. The molecule has 22 heavy (non-hydrogen) atoms. The summed E-state index contributed by atoms with van der Waals surface area (Å²) in [4.78, 5) is 28.7. The standard InChI is InChI=1S/C18H13NO3/c1-10-5-4-6-11(9-10)18-19-14-16(21)15(20)12-7-2-3-8-13(12)17(14)22-18/h2-8,10H,9H2,1H3. The number of carbonyl (C=O) groups is 2. The van der Waals surface area contributed by atoms with Gasteiger partial charge in [-0.05, 0) is 12.3 Å². The molecule has 1 atom stereocenters. The van der Waals surface area contributed by atoms with E-state index in [1.807, 2.05) is 18.2 Å². The van der Waals surface area contributed by atoms with Gasteiger partial charge in [0.05, 0.1) is 0 Å². The maximum absolute atomic E-state index is 12.2. The number of fused-ring (bicyclic) bond motifs is 3. The van der Waals surface area contributed by atoms with Gasteiger partial charge in [0.1, 0.15) is 0 Å². The van der Waals surface area contributed by atoms with Crippen LogP contribution < -0.4 is 0 Å². The molecule has 4 nitrogen and oxygen atoms in total. The third-order valence-corrected chi connectivity index (χ3v) is 4.02. The Morgan fingerprint density at radius 2 is 1.91 bits per heavy atom. The van der Waals surface area contributed by atoms with Gasteiger partial charge in [0.15, 0.2) is 11.5 Å². The first kappa shape index (κ1) is 13.0. The van der Waals surface area contributed by atoms with Crippen molar-refractivity contribution in [3.8, 4) is 11.3 Å². The number of allylic oxidation sites excluding steroid dienone is 4. The van der Waals surface area contributed by atoms with Crippen LogP contribution in [-0.2, 0) is 0 Å². The molecule has 108 valence electrons. The zero-order valence-corrected chi connectivity index (χ0v) is 12.0. The van der Waals surface area contributed by atoms with E-state index in [1.165, 1.54) is 0 Å². The molecule has 1 aromatic heterocycles. The summed E-state index contributed by atoms with van der Waals surface area (Å²) in [5.41, 5.74) is 2.10. The SMILES string of the molecule is CC1C=CC=C(c2nc3c(o2)-c2ccccc2C(=O)C3=O)C1. The van der Waals surface area contributed by atoms with Crippen molar-refractivity contribution in [2.24, 2.45) is 5.92 Å². The van der Waals surface area contributed by atoms with Crippen molar-refractivity contribution in [2.75, 3.05) is 0 Å². The first-order valence-electron chi connectivity index (χ1n) is 7.22. The lowest BCUT2D eigenvalue weighted by atomic mass is 9.91. The number of hydrogen-bond acceptors (Lipinski definition) is 4. The van der Waals surface area contributed by atoms with E-state index in [0.29, 0.717) is 28.7 Å². The Morgan fingerprint density at radius 3 is 2.68 bits per heavy atom. The fourth-order valence-corrected chi connectivity index (χ4v) is 2.91. The first-order valence-corrected chi connectivity index (χ1v) is 7.22. The minimum Gasteiger partial charge on any atom is -0.436 e. The van der Waals surface area contributed by atoms with Gasteiger partial charge in [-0.3, -0.25) is 9.59 Å². The molecule has 0 saturated carbocycles. The van der Waals surface area contributed by atoms with Gasteiger partial charge in [0.2, 0.25) is 11.7 Å². The molecule has 2 aliphatic rings. The highest BCUT2D eigenvalue weighted by Gasteiger charge is 2.35. The van der Waals surface area contributed by atoms with Gasteiger partial charge in [0.25, 0.3) is 5.78 Å². The molecule has 0 aliphatic heterocycles. The van der Waals surface area contributed by atoms with Gasteiger partial charge in [-0.25, -0.2) is 4.98 Å². The molecule has 2 aromatic rings. The van der Waals surface area contributed by atoms with Gasteiger partial charge in [-0.1, -0.05) is 49.4 Å². The van der Waals surface area contributed by atoms with Crippen LogP contribution in [0.5, 0.6) is 0 Å². The van der Waals surface area contributed by atoms with Crippen LogP contribution in [0, 0.1) is 5.92 Å². The summed E-state index contributed by atoms with van der Waals surface area (Å²) < 4.78 is 5.85. The van der Waals surface area contributed by atoms with Crippen LogP contribution in [0.1, 0.15) is 40.1 Å². The van der Waals surface area contributed by atoms with Crippen molar-refractivity contribution in [2.45, 2.75) is 13.3 Å². The van der Waals surface area contributed by atoms with Crippen molar-refractivity contribution in [3.63, 3.8) is 0 Å². The lowest BCUT2D eigenvalue weighted by Gasteiger charge is -2.11. The van der Waals surface area contributed by atoms with E-state index in [2.05, 4.69) is 18.0 Å². The number of ketones is 2. The zero-order chi connectivity index (χ0) is 15.3. The Labute approximate surface area is 127 Å². The van der Waals surface area contributed by atoms with Crippen LogP contribution in [0.4, 0.5) is 0 Å². The molecule has 0 radical (unpaired) electrons. The Bertz CT molecular complexity index is 870. The summed E-state index contributed by atoms with van der Waals surface area (Å²) in [6.45, 7) is 2.11. The van der Waals surface area contributed by atoms with Crippen LogP contribution in [-0.4, -0.2) is 16.6 Å². The minimum absolute atomic E-state index is 0.127. The third kappa shape index (κ3) is 1.80. The quantitative estimate of drug-likeness (QED) is 0.752. The molecule has 0 fully saturated rings. The van der Waals surface area contributed by atoms with Crippen molar-refractivity contribution in [1.29, 1.82) is 0 Å². The molecule has 0 amide bonds. The molecule has 0 N–H and O–H groups in total. The molecule has 1 unspecified atom stereocenters. The fourth-order valence-electron chi connectivity index (χ4n) is 2.91. The Balaban J connectivity index is 1.89. The van der Waals surface area contributed by atoms with Crippen LogP contribution in [0.3, 0.4) is 0 Å². The number of Topliss-reactive ketones (excluding diaryl/α,β-unsaturated/α-hetero) is 2. The lowest BCUT2D eigenvalue weighted by molar-refractivity contribution is 0.0812. The lowest BCUT2D eigenvalue weighted by Crippen LogP contribution is -2.20. The summed E-state index contributed by atoms with van der Waals surface area (Å²) >= 11 is 0. The highest BCUT2D eigenvalue weighted by Crippen LogP contribution is 2.37. The van der Waals surface area contributed by atoms with E-state index in [9.17, 15) is 9.59 Å². The average molecular weight is 291 g/mol. The second kappa shape index (κ2) is 4.63. The van der Waals surface area contributed by atoms with E-state index in [-0.39, 0.29) is 5.69 Å². The molecular weight excluding hydrogens is 278 g/mol. The molecule has 0 bridgehead atoms. The third-order valence-electron chi connectivity index (χ3n) is 4.02. The predicted octanol–water partition coefficient (Wildman–Crippen LogP) is 3.70. The summed E-state index contributed by atoms with van der Waals surface area (Å²) in [6, 6.07) is 6.98. The summed E-state index contributed by atoms with van der Waals surface area (Å²) in [5.74, 6) is 0.114. The normalized spacial score (nSPS) is 19.7. The number of carbonyl (C=O) groups excluding carboxylic acids is 2. The highest BCUT2D eigenvalue weighted by atomic mass is 16.4. The van der Waals surface area contributed by atoms with E-state index in [0.717, 1.165) is 12.0 Å². The zero-order valence-electron chi connectivity index (χ0n) is 12.0. The van der Waals surface area contributed by atoms with Gasteiger partial charge in [0, 0.05) is 16.7 Å². The van der Waals surface area contributed by atoms with E-state index in [1.54, 1.807) is 18.2 Å². The topological polar surface area (TPSA) is 60.2 Å². The largest absolute Gasteiger partial charge is 0.436 e. The molecule has 4 rings (SSSR count). The Hall–Kier alpha value is -2.75. The van der Waals surface area contributed by atoms with E-state index in [4.69, 9.17) is 4.42 Å². The molecule has 2 aliphatic carbocycles. The van der Waals surface area contributed by atoms with Gasteiger partial charge in [-0.15, -0.1) is 0 Å². The monoisotopic (exact) mass is 291 g/mol. The number of hydrogen-bond donors (Lipinski definition) is 0. The van der Waals surface area contributed by atoms with Crippen molar-refractivity contribution >= 4 is 17.1 Å². The number of aromatic nitrogens is 1. The van der Waals surface area contributed by atoms with Crippen LogP contribution in [0.2, 0.25) is 0 Å². The molecule has 1 heterocycles. The Morgan fingerprint density at radius 1 is 1.14 bits per heavy atom. The van der Waals surface area contributed by atoms with Gasteiger partial charge < -0.3 is 4.42 Å².